The van der Waals surface area contributed by atoms with Crippen LogP contribution < -0.4 is 27.4 Å². The summed E-state index contributed by atoms with van der Waals surface area (Å²) in [5, 5.41) is 27.2. The number of hydrogen-bond acceptors (Lipinski definition) is 7. The summed E-state index contributed by atoms with van der Waals surface area (Å²) >= 11 is 0. The zero-order valence-electron chi connectivity index (χ0n) is 23.5. The highest BCUT2D eigenvalue weighted by Crippen LogP contribution is 2.19. The maximum absolute atomic E-state index is 13.5. The molecule has 1 aromatic carbocycles. The Morgan fingerprint density at radius 2 is 1.51 bits per heavy atom. The molecule has 226 valence electrons. The molecule has 0 spiro atoms. The van der Waals surface area contributed by atoms with E-state index in [1.807, 2.05) is 38.1 Å². The summed E-state index contributed by atoms with van der Waals surface area (Å²) in [6.45, 7) is 4.19. The average molecular weight is 575 g/mol. The monoisotopic (exact) mass is 574 g/mol. The van der Waals surface area contributed by atoms with Gasteiger partial charge in [0.1, 0.15) is 18.1 Å². The van der Waals surface area contributed by atoms with Gasteiger partial charge in [0.25, 0.3) is 0 Å². The largest absolute Gasteiger partial charge is 0.481 e. The van der Waals surface area contributed by atoms with Crippen LogP contribution in [0.5, 0.6) is 0 Å². The second kappa shape index (κ2) is 16.3. The molecule has 1 heterocycles. The number of hydrogen-bond donors (Lipinski definition) is 8. The molecule has 2 rings (SSSR count). The van der Waals surface area contributed by atoms with Gasteiger partial charge in [0.15, 0.2) is 0 Å². The average Bonchev–Trinajstić information content (AvgIpc) is 3.32. The van der Waals surface area contributed by atoms with Crippen LogP contribution in [0, 0.1) is 5.92 Å². The number of benzene rings is 1. The van der Waals surface area contributed by atoms with E-state index in [2.05, 4.69) is 20.9 Å². The number of nitrogens with one attached hydrogen (secondary N) is 4. The first-order valence-corrected chi connectivity index (χ1v) is 13.8. The van der Waals surface area contributed by atoms with Crippen LogP contribution in [0.15, 0.2) is 30.5 Å². The van der Waals surface area contributed by atoms with Gasteiger partial charge in [-0.05, 0) is 56.2 Å². The topological polar surface area (TPSA) is 230 Å². The molecule has 0 fully saturated rings. The van der Waals surface area contributed by atoms with E-state index in [1.54, 1.807) is 6.20 Å². The first kappa shape index (κ1) is 33.2. The summed E-state index contributed by atoms with van der Waals surface area (Å²) in [6, 6.07) is 2.79. The maximum Gasteiger partial charge on any atom is 0.326 e. The highest BCUT2D eigenvalue weighted by molar-refractivity contribution is 5.95. The van der Waals surface area contributed by atoms with Gasteiger partial charge >= 0.3 is 11.9 Å². The number of carboxylic acid groups (broad SMARTS) is 2. The number of carbonyl (C=O) groups is 5. The molecule has 10 N–H and O–H groups in total. The molecule has 0 saturated carbocycles. The van der Waals surface area contributed by atoms with Gasteiger partial charge in [0, 0.05) is 29.9 Å². The van der Waals surface area contributed by atoms with Crippen molar-refractivity contribution in [1.29, 1.82) is 0 Å². The number of carboxylic acids is 2. The Labute approximate surface area is 238 Å². The first-order valence-electron chi connectivity index (χ1n) is 13.8. The molecular weight excluding hydrogens is 532 g/mol. The SMILES string of the molecule is CC(C)CC(N)C(=O)NC(Cc1c[nH]c2ccccc12)C(=O)NC(CCC(=O)O)C(=O)NC(CCCCN)C(=O)O. The van der Waals surface area contributed by atoms with E-state index in [9.17, 15) is 34.2 Å². The number of unbranched alkanes of at least 4 members (excludes halogenated alkanes) is 1. The quantitative estimate of drug-likeness (QED) is 0.116. The fourth-order valence-electron chi connectivity index (χ4n) is 4.45. The van der Waals surface area contributed by atoms with Crippen molar-refractivity contribution in [3.8, 4) is 0 Å². The molecule has 3 amide bonds. The lowest BCUT2D eigenvalue weighted by molar-refractivity contribution is -0.143. The maximum atomic E-state index is 13.5. The van der Waals surface area contributed by atoms with Crippen LogP contribution >= 0.6 is 0 Å². The minimum Gasteiger partial charge on any atom is -0.481 e. The van der Waals surface area contributed by atoms with E-state index >= 15 is 0 Å². The van der Waals surface area contributed by atoms with Gasteiger partial charge in [-0.15, -0.1) is 0 Å². The number of amides is 3. The third-order valence-electron chi connectivity index (χ3n) is 6.64. The Morgan fingerprint density at radius 3 is 2.15 bits per heavy atom. The first-order chi connectivity index (χ1) is 19.4. The smallest absolute Gasteiger partial charge is 0.326 e. The summed E-state index contributed by atoms with van der Waals surface area (Å²) in [4.78, 5) is 65.6. The number of H-pyrrole nitrogens is 1. The van der Waals surface area contributed by atoms with Crippen LogP contribution in [-0.2, 0) is 30.4 Å². The van der Waals surface area contributed by atoms with E-state index in [1.165, 1.54) is 0 Å². The van der Waals surface area contributed by atoms with E-state index < -0.39 is 60.2 Å². The van der Waals surface area contributed by atoms with Crippen LogP contribution in [0.4, 0.5) is 0 Å². The van der Waals surface area contributed by atoms with E-state index in [0.717, 1.165) is 16.5 Å². The Hall–Kier alpha value is -3.97. The van der Waals surface area contributed by atoms with Gasteiger partial charge in [0.2, 0.25) is 17.7 Å². The number of fused-ring (bicyclic) bond motifs is 1. The highest BCUT2D eigenvalue weighted by Gasteiger charge is 2.31. The molecular formula is C28H42N6O7. The van der Waals surface area contributed by atoms with E-state index in [0.29, 0.717) is 25.8 Å². The third kappa shape index (κ3) is 10.8. The van der Waals surface area contributed by atoms with Gasteiger partial charge in [-0.2, -0.15) is 0 Å². The van der Waals surface area contributed by atoms with Crippen molar-refractivity contribution in [1.82, 2.24) is 20.9 Å². The standard InChI is InChI=1S/C28H42N6O7/c1-16(2)13-19(30)25(37)34-23(14-17-15-31-20-8-4-3-7-18(17)20)27(39)32-21(10-11-24(35)36)26(38)33-22(28(40)41)9-5-6-12-29/h3-4,7-8,15-16,19,21-23,31H,5-6,9-14,29-30H2,1-2H3,(H,32,39)(H,33,38)(H,34,37)(H,35,36)(H,40,41). The molecule has 0 saturated heterocycles. The van der Waals surface area contributed by atoms with Crippen molar-refractivity contribution in [3.63, 3.8) is 0 Å². The molecule has 0 radical (unpaired) electrons. The van der Waals surface area contributed by atoms with Gasteiger partial charge < -0.3 is 42.6 Å². The van der Waals surface area contributed by atoms with Crippen LogP contribution in [0.1, 0.15) is 57.9 Å². The molecule has 41 heavy (non-hydrogen) atoms. The predicted molar refractivity (Wildman–Crippen MR) is 153 cm³/mol. The predicted octanol–water partition coefficient (Wildman–Crippen LogP) is 0.617. The molecule has 0 aliphatic heterocycles. The second-order valence-electron chi connectivity index (χ2n) is 10.5. The molecule has 0 bridgehead atoms. The van der Waals surface area contributed by atoms with Gasteiger partial charge in [-0.3, -0.25) is 19.2 Å². The van der Waals surface area contributed by atoms with Crippen LogP contribution in [-0.4, -0.2) is 75.6 Å². The Kier molecular flexibility index (Phi) is 13.2. The zero-order valence-corrected chi connectivity index (χ0v) is 23.5. The van der Waals surface area contributed by atoms with Crippen molar-refractivity contribution >= 4 is 40.6 Å². The lowest BCUT2D eigenvalue weighted by Crippen LogP contribution is -2.57. The molecule has 1 aromatic heterocycles. The Morgan fingerprint density at radius 1 is 0.878 bits per heavy atom. The molecule has 13 nitrogen and oxygen atoms in total. The Bertz CT molecular complexity index is 1200. The lowest BCUT2D eigenvalue weighted by Gasteiger charge is -2.25. The molecule has 4 atom stereocenters. The molecule has 13 heteroatoms. The Balaban J connectivity index is 2.29. The number of nitrogens with two attached hydrogens (primary N) is 2. The molecule has 0 aliphatic rings. The number of carbonyl (C=O) groups excluding carboxylic acids is 3. The summed E-state index contributed by atoms with van der Waals surface area (Å²) in [7, 11) is 0. The number of aromatic nitrogens is 1. The summed E-state index contributed by atoms with van der Waals surface area (Å²) in [6.07, 6.45) is 2.55. The van der Waals surface area contributed by atoms with Gasteiger partial charge in [-0.25, -0.2) is 4.79 Å². The highest BCUT2D eigenvalue weighted by atomic mass is 16.4. The number of rotatable bonds is 18. The minimum atomic E-state index is -1.36. The van der Waals surface area contributed by atoms with Crippen molar-refractivity contribution in [2.75, 3.05) is 6.54 Å². The zero-order chi connectivity index (χ0) is 30.5. The molecule has 0 aliphatic carbocycles. The number of aromatic amines is 1. The second-order valence-corrected chi connectivity index (χ2v) is 10.5. The van der Waals surface area contributed by atoms with Crippen LogP contribution in [0.2, 0.25) is 0 Å². The fraction of sp³-hybridized carbons (Fsp3) is 0.536. The molecule has 4 unspecified atom stereocenters. The van der Waals surface area contributed by atoms with Crippen molar-refractivity contribution in [2.24, 2.45) is 17.4 Å². The molecule has 2 aromatic rings. The van der Waals surface area contributed by atoms with Gasteiger partial charge in [-0.1, -0.05) is 32.0 Å². The summed E-state index contributed by atoms with van der Waals surface area (Å²) in [5.74, 6) is -4.45. The van der Waals surface area contributed by atoms with Crippen LogP contribution in [0.3, 0.4) is 0 Å². The normalized spacial score (nSPS) is 14.2. The lowest BCUT2D eigenvalue weighted by atomic mass is 10.0. The number of aliphatic carboxylic acids is 2. The van der Waals surface area contributed by atoms with E-state index in [4.69, 9.17) is 11.5 Å². The van der Waals surface area contributed by atoms with Gasteiger partial charge in [0.05, 0.1) is 6.04 Å². The minimum absolute atomic E-state index is 0.0556. The van der Waals surface area contributed by atoms with Crippen molar-refractivity contribution in [3.05, 3.63) is 36.0 Å². The van der Waals surface area contributed by atoms with E-state index in [-0.39, 0.29) is 25.2 Å². The summed E-state index contributed by atoms with van der Waals surface area (Å²) < 4.78 is 0. The van der Waals surface area contributed by atoms with Crippen molar-refractivity contribution in [2.45, 2.75) is 83.0 Å². The van der Waals surface area contributed by atoms with Crippen LogP contribution in [0.25, 0.3) is 10.9 Å². The fourth-order valence-corrected chi connectivity index (χ4v) is 4.45. The third-order valence-corrected chi connectivity index (χ3v) is 6.64. The number of para-hydroxylation sites is 1. The van der Waals surface area contributed by atoms with Crippen molar-refractivity contribution < 1.29 is 34.2 Å². The summed E-state index contributed by atoms with van der Waals surface area (Å²) in [5.41, 5.74) is 13.1.